The van der Waals surface area contributed by atoms with Crippen LogP contribution in [0.4, 0.5) is 0 Å². The summed E-state index contributed by atoms with van der Waals surface area (Å²) in [5.74, 6) is -1.63. The summed E-state index contributed by atoms with van der Waals surface area (Å²) < 4.78 is 34.0. The van der Waals surface area contributed by atoms with Crippen LogP contribution in [0.1, 0.15) is 46.1 Å². The molecule has 0 amide bonds. The first-order valence-electron chi connectivity index (χ1n) is 11.3. The van der Waals surface area contributed by atoms with E-state index >= 15 is 0 Å². The number of carboxylic acids is 1. The lowest BCUT2D eigenvalue weighted by Gasteiger charge is -2.08. The van der Waals surface area contributed by atoms with Crippen molar-refractivity contribution in [2.45, 2.75) is 32.6 Å². The summed E-state index contributed by atoms with van der Waals surface area (Å²) in [5, 5.41) is 11.4. The normalized spacial score (nSPS) is 14.2. The molecular formula is C25H23NO3. The van der Waals surface area contributed by atoms with Crippen LogP contribution in [-0.2, 0) is 11.3 Å². The maximum absolute atomic E-state index is 13.6. The maximum Gasteiger partial charge on any atom is 0.303 e. The third-order valence-corrected chi connectivity index (χ3v) is 5.03. The van der Waals surface area contributed by atoms with Crippen LogP contribution < -0.4 is 0 Å². The Bertz CT molecular complexity index is 1390. The quantitative estimate of drug-likeness (QED) is 0.419. The Morgan fingerprint density at radius 3 is 2.34 bits per heavy atom. The Kier molecular flexibility index (Phi) is 3.98. The van der Waals surface area contributed by atoms with Crippen LogP contribution in [0, 0.1) is 6.92 Å². The van der Waals surface area contributed by atoms with Crippen LogP contribution >= 0.6 is 0 Å². The van der Waals surface area contributed by atoms with E-state index in [1.165, 1.54) is 10.8 Å². The molecular weight excluding hydrogens is 362 g/mol. The first kappa shape index (κ1) is 14.6. The molecule has 0 saturated heterocycles. The molecule has 0 aliphatic carbocycles. The highest BCUT2D eigenvalue weighted by molar-refractivity contribution is 6.21. The van der Waals surface area contributed by atoms with Crippen molar-refractivity contribution in [2.75, 3.05) is 0 Å². The van der Waals surface area contributed by atoms with E-state index in [2.05, 4.69) is 0 Å². The van der Waals surface area contributed by atoms with Crippen LogP contribution in [0.3, 0.4) is 0 Å². The van der Waals surface area contributed by atoms with Gasteiger partial charge in [-0.15, -0.1) is 0 Å². The number of carbonyl (C=O) groups is 2. The summed E-state index contributed by atoms with van der Waals surface area (Å²) in [6, 6.07) is 18.4. The zero-order chi connectivity index (χ0) is 24.0. The average Bonchev–Trinajstić information content (AvgIpc) is 3.11. The van der Waals surface area contributed by atoms with Crippen molar-refractivity contribution in [3.05, 3.63) is 83.6 Å². The van der Waals surface area contributed by atoms with E-state index in [0.717, 1.165) is 16.3 Å². The predicted octanol–water partition coefficient (Wildman–Crippen LogP) is 5.59. The zero-order valence-corrected chi connectivity index (χ0v) is 16.0. The Morgan fingerprint density at radius 2 is 1.59 bits per heavy atom. The van der Waals surface area contributed by atoms with E-state index in [9.17, 15) is 9.59 Å². The number of aryl methyl sites for hydroxylation is 2. The Hall–Kier alpha value is -3.40. The molecule has 1 N–H and O–H groups in total. The fourth-order valence-corrected chi connectivity index (χ4v) is 3.63. The molecule has 0 radical (unpaired) electrons. The average molecular weight is 389 g/mol. The standard InChI is InChI=1S/C25H23NO3/c1-17-13-14-21(19-9-3-2-8-18(17)19)25(29)22-16-26(15-7-6-12-24(27)28)23-11-5-4-10-20(22)23/h2-5,8-11,13-14,16H,6-7,12,15H2,1H3,(H,27,28)/i6D2,7D2. The van der Waals surface area contributed by atoms with Gasteiger partial charge in [-0.25, -0.2) is 0 Å². The van der Waals surface area contributed by atoms with E-state index in [0.29, 0.717) is 22.0 Å². The molecule has 29 heavy (non-hydrogen) atoms. The summed E-state index contributed by atoms with van der Waals surface area (Å²) in [4.78, 5) is 24.7. The van der Waals surface area contributed by atoms with Crippen molar-refractivity contribution in [3.8, 4) is 0 Å². The minimum atomic E-state index is -2.60. The van der Waals surface area contributed by atoms with Gasteiger partial charge in [0.1, 0.15) is 0 Å². The lowest BCUT2D eigenvalue weighted by molar-refractivity contribution is -0.137. The highest BCUT2D eigenvalue weighted by atomic mass is 16.4. The number of ketones is 1. The molecule has 146 valence electrons. The van der Waals surface area contributed by atoms with Crippen molar-refractivity contribution < 1.29 is 20.2 Å². The lowest BCUT2D eigenvalue weighted by Crippen LogP contribution is -2.03. The second-order valence-corrected chi connectivity index (χ2v) is 6.92. The molecule has 1 aromatic heterocycles. The van der Waals surface area contributed by atoms with Crippen LogP contribution in [-0.4, -0.2) is 21.4 Å². The largest absolute Gasteiger partial charge is 0.481 e. The molecule has 0 unspecified atom stereocenters. The number of hydrogen-bond acceptors (Lipinski definition) is 2. The first-order valence-corrected chi connectivity index (χ1v) is 9.34. The molecule has 4 heteroatoms. The second kappa shape index (κ2) is 7.92. The monoisotopic (exact) mass is 389 g/mol. The Morgan fingerprint density at radius 1 is 0.897 bits per heavy atom. The highest BCUT2D eigenvalue weighted by Crippen LogP contribution is 2.28. The zero-order valence-electron chi connectivity index (χ0n) is 20.0. The van der Waals surface area contributed by atoms with Crippen LogP contribution in [0.5, 0.6) is 0 Å². The number of carboxylic acid groups (broad SMARTS) is 1. The number of aliphatic carboxylic acids is 1. The van der Waals surface area contributed by atoms with Gasteiger partial charge in [-0.3, -0.25) is 9.59 Å². The minimum absolute atomic E-state index is 0.213. The smallest absolute Gasteiger partial charge is 0.303 e. The van der Waals surface area contributed by atoms with Gasteiger partial charge in [-0.05, 0) is 42.1 Å². The molecule has 0 bridgehead atoms. The van der Waals surface area contributed by atoms with Crippen LogP contribution in [0.15, 0.2) is 66.9 Å². The van der Waals surface area contributed by atoms with Gasteiger partial charge in [-0.2, -0.15) is 0 Å². The van der Waals surface area contributed by atoms with Crippen molar-refractivity contribution in [1.82, 2.24) is 4.57 Å². The number of rotatable bonds is 7. The molecule has 1 heterocycles. The third kappa shape index (κ3) is 3.66. The fourth-order valence-electron chi connectivity index (χ4n) is 3.63. The van der Waals surface area contributed by atoms with E-state index in [1.54, 1.807) is 30.3 Å². The summed E-state index contributed by atoms with van der Waals surface area (Å²) in [6.07, 6.45) is -4.50. The van der Waals surface area contributed by atoms with Gasteiger partial charge in [0, 0.05) is 46.7 Å². The summed E-state index contributed by atoms with van der Waals surface area (Å²) in [6.45, 7) is 1.55. The Balaban J connectivity index is 1.81. The number of fused-ring (bicyclic) bond motifs is 2. The van der Waals surface area contributed by atoms with Gasteiger partial charge >= 0.3 is 5.97 Å². The van der Waals surface area contributed by atoms with Gasteiger partial charge < -0.3 is 9.67 Å². The number of nitrogens with zero attached hydrogens (tertiary/aromatic N) is 1. The molecule has 4 aromatic rings. The predicted molar refractivity (Wildman–Crippen MR) is 116 cm³/mol. The maximum atomic E-state index is 13.6. The first-order chi connectivity index (χ1) is 15.5. The van der Waals surface area contributed by atoms with E-state index in [4.69, 9.17) is 10.6 Å². The topological polar surface area (TPSA) is 59.3 Å². The van der Waals surface area contributed by atoms with Crippen molar-refractivity contribution in [1.29, 1.82) is 0 Å². The van der Waals surface area contributed by atoms with Crippen LogP contribution in [0.25, 0.3) is 21.7 Å². The van der Waals surface area contributed by atoms with Gasteiger partial charge in [0.2, 0.25) is 0 Å². The number of para-hydroxylation sites is 1. The van der Waals surface area contributed by atoms with Gasteiger partial charge in [0.05, 0.1) is 0 Å². The number of carbonyl (C=O) groups excluding carboxylic acids is 1. The van der Waals surface area contributed by atoms with Crippen molar-refractivity contribution in [2.24, 2.45) is 0 Å². The molecule has 4 nitrogen and oxygen atoms in total. The fraction of sp³-hybridized carbons (Fsp3) is 0.200. The lowest BCUT2D eigenvalue weighted by atomic mass is 9.95. The van der Waals surface area contributed by atoms with Gasteiger partial charge in [-0.1, -0.05) is 54.6 Å². The summed E-state index contributed by atoms with van der Waals surface area (Å²) >= 11 is 0. The second-order valence-electron chi connectivity index (χ2n) is 6.92. The van der Waals surface area contributed by atoms with Crippen molar-refractivity contribution in [3.63, 3.8) is 0 Å². The molecule has 0 aliphatic rings. The Labute approximate surface area is 175 Å². The van der Waals surface area contributed by atoms with E-state index < -0.39 is 31.7 Å². The SMILES string of the molecule is [2H]C([2H])(CC(=O)O)C([2H])([2H])Cn1cc(C(=O)c2ccc(C)c3ccccc23)c2ccccc21. The van der Waals surface area contributed by atoms with Gasteiger partial charge in [0.25, 0.3) is 0 Å². The summed E-state index contributed by atoms with van der Waals surface area (Å²) in [7, 11) is 0. The molecule has 4 rings (SSSR count). The molecule has 0 atom stereocenters. The molecule has 3 aromatic carbocycles. The number of aromatic nitrogens is 1. The molecule has 0 fully saturated rings. The molecule has 0 aliphatic heterocycles. The number of hydrogen-bond donors (Lipinski definition) is 1. The molecule has 0 spiro atoms. The number of benzene rings is 3. The van der Waals surface area contributed by atoms with Crippen molar-refractivity contribution >= 4 is 33.4 Å². The molecule has 0 saturated carbocycles. The minimum Gasteiger partial charge on any atom is -0.481 e. The summed E-state index contributed by atoms with van der Waals surface area (Å²) in [5.41, 5.74) is 2.54. The van der Waals surface area contributed by atoms with Crippen LogP contribution in [0.2, 0.25) is 0 Å². The highest BCUT2D eigenvalue weighted by Gasteiger charge is 2.19. The third-order valence-electron chi connectivity index (χ3n) is 5.03. The van der Waals surface area contributed by atoms with E-state index in [1.807, 2.05) is 37.3 Å². The van der Waals surface area contributed by atoms with Gasteiger partial charge in [0.15, 0.2) is 5.78 Å². The van der Waals surface area contributed by atoms with E-state index in [-0.39, 0.29) is 5.78 Å².